The molecule has 1 aromatic rings. The van der Waals surface area contributed by atoms with E-state index in [9.17, 15) is 0 Å². The molecule has 1 saturated heterocycles. The average molecular weight is 276 g/mol. The summed E-state index contributed by atoms with van der Waals surface area (Å²) in [4.78, 5) is 4.14. The zero-order chi connectivity index (χ0) is 13.2. The van der Waals surface area contributed by atoms with E-state index in [1.807, 2.05) is 11.8 Å². The van der Waals surface area contributed by atoms with E-state index in [4.69, 9.17) is 5.73 Å². The lowest BCUT2D eigenvalue weighted by molar-refractivity contribution is 0.155. The first-order valence-electron chi connectivity index (χ1n) is 7.43. The van der Waals surface area contributed by atoms with Crippen molar-refractivity contribution >= 4 is 11.8 Å². The van der Waals surface area contributed by atoms with Gasteiger partial charge in [0, 0.05) is 35.7 Å². The summed E-state index contributed by atoms with van der Waals surface area (Å²) in [7, 11) is 0. The molecule has 0 aliphatic carbocycles. The zero-order valence-electron chi connectivity index (χ0n) is 11.7. The van der Waals surface area contributed by atoms with Gasteiger partial charge in [-0.1, -0.05) is 18.2 Å². The third-order valence-corrected chi connectivity index (χ3v) is 5.81. The number of fused-ring (bicyclic) bond motifs is 1. The van der Waals surface area contributed by atoms with Crippen LogP contribution < -0.4 is 5.73 Å². The number of likely N-dealkylation sites (tertiary alicyclic amines) is 1. The van der Waals surface area contributed by atoms with Crippen molar-refractivity contribution in [1.29, 1.82) is 0 Å². The largest absolute Gasteiger partial charge is 0.328 e. The first-order valence-corrected chi connectivity index (χ1v) is 8.42. The van der Waals surface area contributed by atoms with Crippen molar-refractivity contribution in [2.45, 2.75) is 36.6 Å². The summed E-state index contributed by atoms with van der Waals surface area (Å²) in [5, 5.41) is 0. The molecular weight excluding hydrogens is 252 g/mol. The zero-order valence-corrected chi connectivity index (χ0v) is 12.5. The Balaban J connectivity index is 1.63. The van der Waals surface area contributed by atoms with Gasteiger partial charge in [0.25, 0.3) is 0 Å². The second-order valence-corrected chi connectivity index (χ2v) is 7.13. The molecule has 1 fully saturated rings. The highest BCUT2D eigenvalue weighted by atomic mass is 32.2. The molecule has 0 radical (unpaired) electrons. The minimum absolute atomic E-state index is 0.341. The Kier molecular flexibility index (Phi) is 4.15. The van der Waals surface area contributed by atoms with Crippen LogP contribution in [-0.2, 0) is 0 Å². The van der Waals surface area contributed by atoms with Gasteiger partial charge in [0.2, 0.25) is 0 Å². The maximum Gasteiger partial charge on any atom is 0.0108 e. The molecule has 3 heteroatoms. The van der Waals surface area contributed by atoms with Gasteiger partial charge in [0.15, 0.2) is 0 Å². The normalized spacial score (nSPS) is 29.2. The van der Waals surface area contributed by atoms with Crippen LogP contribution in [0.15, 0.2) is 29.2 Å². The van der Waals surface area contributed by atoms with E-state index in [-0.39, 0.29) is 0 Å². The molecule has 1 aromatic carbocycles. The van der Waals surface area contributed by atoms with Crippen LogP contribution in [0.25, 0.3) is 0 Å². The fourth-order valence-corrected chi connectivity index (χ4v) is 4.62. The van der Waals surface area contributed by atoms with Gasteiger partial charge in [-0.05, 0) is 43.9 Å². The topological polar surface area (TPSA) is 29.3 Å². The van der Waals surface area contributed by atoms with Gasteiger partial charge in [0.05, 0.1) is 0 Å². The van der Waals surface area contributed by atoms with Crippen molar-refractivity contribution in [2.24, 2.45) is 11.7 Å². The van der Waals surface area contributed by atoms with E-state index in [2.05, 4.69) is 36.1 Å². The molecule has 2 nitrogen and oxygen atoms in total. The Morgan fingerprint density at radius 1 is 1.42 bits per heavy atom. The first kappa shape index (κ1) is 13.5. The van der Waals surface area contributed by atoms with Crippen LogP contribution in [0.1, 0.15) is 31.2 Å². The van der Waals surface area contributed by atoms with E-state index in [0.717, 1.165) is 0 Å². The Morgan fingerprint density at radius 2 is 2.26 bits per heavy atom. The Bertz CT molecular complexity index is 433. The molecule has 2 aliphatic rings. The Hall–Kier alpha value is -0.510. The molecule has 0 bridgehead atoms. The smallest absolute Gasteiger partial charge is 0.0108 e. The van der Waals surface area contributed by atoms with Gasteiger partial charge in [-0.15, -0.1) is 11.8 Å². The van der Waals surface area contributed by atoms with Crippen molar-refractivity contribution in [3.63, 3.8) is 0 Å². The second kappa shape index (κ2) is 5.86. The second-order valence-electron chi connectivity index (χ2n) is 6.07. The Morgan fingerprint density at radius 3 is 3.11 bits per heavy atom. The highest BCUT2D eigenvalue weighted by Gasteiger charge is 2.28. The number of benzene rings is 1. The summed E-state index contributed by atoms with van der Waals surface area (Å²) in [5.74, 6) is 2.66. The lowest BCUT2D eigenvalue weighted by Crippen LogP contribution is -2.43. The third-order valence-electron chi connectivity index (χ3n) is 4.56. The number of hydrogen-bond acceptors (Lipinski definition) is 3. The molecule has 2 N–H and O–H groups in total. The number of thioether (sulfide) groups is 1. The van der Waals surface area contributed by atoms with E-state index in [1.165, 1.54) is 43.1 Å². The van der Waals surface area contributed by atoms with Gasteiger partial charge < -0.3 is 10.6 Å². The van der Waals surface area contributed by atoms with Crippen LogP contribution in [-0.4, -0.2) is 36.3 Å². The molecule has 3 unspecified atom stereocenters. The fourth-order valence-electron chi connectivity index (χ4n) is 3.38. The minimum atomic E-state index is 0.341. The van der Waals surface area contributed by atoms with Crippen LogP contribution in [0.5, 0.6) is 0 Å². The lowest BCUT2D eigenvalue weighted by atomic mass is 9.91. The summed E-state index contributed by atoms with van der Waals surface area (Å²) in [6.45, 7) is 5.83. The Labute approximate surface area is 120 Å². The van der Waals surface area contributed by atoms with Crippen LogP contribution in [0, 0.1) is 5.92 Å². The molecule has 0 aromatic heterocycles. The summed E-state index contributed by atoms with van der Waals surface area (Å²) in [6.07, 6.45) is 2.62. The fraction of sp³-hybridized carbons (Fsp3) is 0.625. The molecule has 0 spiro atoms. The highest BCUT2D eigenvalue weighted by molar-refractivity contribution is 7.99. The van der Waals surface area contributed by atoms with Crippen molar-refractivity contribution in [2.75, 3.05) is 25.4 Å². The van der Waals surface area contributed by atoms with E-state index in [1.54, 1.807) is 5.56 Å². The quantitative estimate of drug-likeness (QED) is 0.920. The molecule has 3 rings (SSSR count). The molecule has 19 heavy (non-hydrogen) atoms. The van der Waals surface area contributed by atoms with Crippen LogP contribution in [0.3, 0.4) is 0 Å². The maximum absolute atomic E-state index is 6.08. The number of nitrogens with zero attached hydrogens (tertiary/aromatic N) is 1. The van der Waals surface area contributed by atoms with Gasteiger partial charge in [-0.2, -0.15) is 0 Å². The third kappa shape index (κ3) is 2.99. The van der Waals surface area contributed by atoms with Crippen molar-refractivity contribution in [3.05, 3.63) is 29.8 Å². The lowest BCUT2D eigenvalue weighted by Gasteiger charge is -2.36. The summed E-state index contributed by atoms with van der Waals surface area (Å²) in [5.41, 5.74) is 7.65. The molecule has 0 amide bonds. The van der Waals surface area contributed by atoms with Crippen molar-refractivity contribution in [3.8, 4) is 0 Å². The van der Waals surface area contributed by atoms with Gasteiger partial charge in [-0.3, -0.25) is 0 Å². The van der Waals surface area contributed by atoms with Crippen LogP contribution in [0.4, 0.5) is 0 Å². The van der Waals surface area contributed by atoms with Gasteiger partial charge in [0.1, 0.15) is 0 Å². The highest BCUT2D eigenvalue weighted by Crippen LogP contribution is 2.40. The molecule has 2 aliphatic heterocycles. The number of rotatable bonds is 3. The average Bonchev–Trinajstić information content (AvgIpc) is 2.83. The predicted molar refractivity (Wildman–Crippen MR) is 82.7 cm³/mol. The van der Waals surface area contributed by atoms with Crippen LogP contribution >= 0.6 is 11.8 Å². The number of hydrogen-bond donors (Lipinski definition) is 1. The summed E-state index contributed by atoms with van der Waals surface area (Å²) < 4.78 is 0. The monoisotopic (exact) mass is 276 g/mol. The predicted octanol–water partition coefficient (Wildman–Crippen LogP) is 2.94. The molecule has 104 valence electrons. The minimum Gasteiger partial charge on any atom is -0.328 e. The summed E-state index contributed by atoms with van der Waals surface area (Å²) >= 11 is 2.02. The molecule has 0 saturated carbocycles. The van der Waals surface area contributed by atoms with E-state index >= 15 is 0 Å². The molecule has 2 heterocycles. The maximum atomic E-state index is 6.08. The standard InChI is InChI=1S/C16H24N2S/c1-12(17)13-5-4-8-18(9-13)10-14-11-19-16-7-3-2-6-15(14)16/h2-3,6-7,12-14H,4-5,8-11,17H2,1H3. The van der Waals surface area contributed by atoms with Crippen LogP contribution in [0.2, 0.25) is 0 Å². The summed E-state index contributed by atoms with van der Waals surface area (Å²) in [6, 6.07) is 9.25. The van der Waals surface area contributed by atoms with Gasteiger partial charge in [-0.25, -0.2) is 0 Å². The molecular formula is C16H24N2S. The number of nitrogens with two attached hydrogens (primary N) is 1. The van der Waals surface area contributed by atoms with Gasteiger partial charge >= 0.3 is 0 Å². The first-order chi connectivity index (χ1) is 9.24. The SMILES string of the molecule is CC(N)C1CCCN(CC2CSc3ccccc32)C1. The van der Waals surface area contributed by atoms with Crippen molar-refractivity contribution < 1.29 is 0 Å². The van der Waals surface area contributed by atoms with E-state index < -0.39 is 0 Å². The number of piperidine rings is 1. The van der Waals surface area contributed by atoms with E-state index in [0.29, 0.717) is 17.9 Å². The molecule has 3 atom stereocenters. The van der Waals surface area contributed by atoms with Crippen molar-refractivity contribution in [1.82, 2.24) is 4.90 Å².